The van der Waals surface area contributed by atoms with Crippen molar-refractivity contribution in [3.63, 3.8) is 0 Å². The van der Waals surface area contributed by atoms with Gasteiger partial charge >= 0.3 is 12.3 Å². The number of amides is 1. The average Bonchev–Trinajstić information content (AvgIpc) is 2.26. The molecule has 1 aromatic carbocycles. The molecule has 0 aliphatic carbocycles. The van der Waals surface area contributed by atoms with Crippen molar-refractivity contribution in [3.8, 4) is 0 Å². The van der Waals surface area contributed by atoms with E-state index in [0.717, 1.165) is 11.0 Å². The average molecular weight is 273 g/mol. The number of fused-ring (bicyclic) bond motifs is 1. The maximum absolute atomic E-state index is 13.1. The molecule has 1 aromatic rings. The van der Waals surface area contributed by atoms with Gasteiger partial charge in [0.05, 0.1) is 11.3 Å². The molecule has 1 aliphatic heterocycles. The van der Waals surface area contributed by atoms with Gasteiger partial charge in [-0.05, 0) is 32.4 Å². The SMILES string of the molecule is Cc1cc2c(c(C(F)(F)F)c1)N(C(C)C)C(=O)OC2. The van der Waals surface area contributed by atoms with Crippen LogP contribution in [0.1, 0.15) is 30.5 Å². The molecule has 0 aromatic heterocycles. The topological polar surface area (TPSA) is 29.5 Å². The van der Waals surface area contributed by atoms with E-state index in [1.165, 1.54) is 0 Å². The number of ether oxygens (including phenoxy) is 1. The minimum absolute atomic E-state index is 0.0793. The lowest BCUT2D eigenvalue weighted by Gasteiger charge is -2.34. The summed E-state index contributed by atoms with van der Waals surface area (Å²) in [6, 6.07) is 2.27. The van der Waals surface area contributed by atoms with Crippen LogP contribution in [0.5, 0.6) is 0 Å². The Morgan fingerprint density at radius 3 is 2.47 bits per heavy atom. The quantitative estimate of drug-likeness (QED) is 0.777. The molecule has 0 fully saturated rings. The third kappa shape index (κ3) is 2.39. The second-order valence-electron chi connectivity index (χ2n) is 4.84. The molecule has 6 heteroatoms. The summed E-state index contributed by atoms with van der Waals surface area (Å²) in [5, 5.41) is 0. The number of carbonyl (C=O) groups is 1. The number of cyclic esters (lactones) is 1. The summed E-state index contributed by atoms with van der Waals surface area (Å²) in [4.78, 5) is 12.8. The van der Waals surface area contributed by atoms with Crippen LogP contribution < -0.4 is 4.90 Å². The van der Waals surface area contributed by atoms with Gasteiger partial charge in [-0.15, -0.1) is 0 Å². The number of anilines is 1. The Bertz CT molecular complexity index is 523. The van der Waals surface area contributed by atoms with Gasteiger partial charge in [0.2, 0.25) is 0 Å². The Morgan fingerprint density at radius 1 is 1.32 bits per heavy atom. The summed E-state index contributed by atoms with van der Waals surface area (Å²) in [6.07, 6.45) is -5.24. The molecule has 1 heterocycles. The molecule has 19 heavy (non-hydrogen) atoms. The number of halogens is 3. The third-order valence-electron chi connectivity index (χ3n) is 2.94. The highest BCUT2D eigenvalue weighted by Crippen LogP contribution is 2.42. The van der Waals surface area contributed by atoms with Gasteiger partial charge in [-0.2, -0.15) is 13.2 Å². The fourth-order valence-electron chi connectivity index (χ4n) is 2.23. The van der Waals surface area contributed by atoms with Crippen molar-refractivity contribution >= 4 is 11.8 Å². The standard InChI is InChI=1S/C13H14F3NO2/c1-7(2)17-11-9(6-19-12(17)18)4-8(3)5-10(11)13(14,15)16/h4-5,7H,6H2,1-3H3. The van der Waals surface area contributed by atoms with Crippen molar-refractivity contribution < 1.29 is 22.7 Å². The molecule has 1 aliphatic rings. The Morgan fingerprint density at radius 2 is 1.95 bits per heavy atom. The van der Waals surface area contributed by atoms with E-state index in [9.17, 15) is 18.0 Å². The summed E-state index contributed by atoms with van der Waals surface area (Å²) >= 11 is 0. The fraction of sp³-hybridized carbons (Fsp3) is 0.462. The van der Waals surface area contributed by atoms with Gasteiger partial charge < -0.3 is 4.74 Å². The Hall–Kier alpha value is -1.72. The predicted octanol–water partition coefficient (Wildman–Crippen LogP) is 3.88. The molecular formula is C13H14F3NO2. The molecule has 0 bridgehead atoms. The fourth-order valence-corrected chi connectivity index (χ4v) is 2.23. The number of hydrogen-bond acceptors (Lipinski definition) is 2. The number of nitrogens with zero attached hydrogens (tertiary/aromatic N) is 1. The van der Waals surface area contributed by atoms with Gasteiger partial charge in [0.1, 0.15) is 6.61 Å². The largest absolute Gasteiger partial charge is 0.444 e. The summed E-state index contributed by atoms with van der Waals surface area (Å²) in [5.74, 6) is 0. The summed E-state index contributed by atoms with van der Waals surface area (Å²) in [5.41, 5.74) is 0.0190. The zero-order chi connectivity index (χ0) is 14.4. The van der Waals surface area contributed by atoms with Crippen LogP contribution in [-0.2, 0) is 17.5 Å². The lowest BCUT2D eigenvalue weighted by atomic mass is 10.00. The van der Waals surface area contributed by atoms with Crippen LogP contribution in [0.4, 0.5) is 23.7 Å². The number of hydrogen-bond donors (Lipinski definition) is 0. The van der Waals surface area contributed by atoms with Gasteiger partial charge in [-0.25, -0.2) is 4.79 Å². The molecule has 0 atom stereocenters. The minimum Gasteiger partial charge on any atom is -0.444 e. The highest BCUT2D eigenvalue weighted by atomic mass is 19.4. The monoisotopic (exact) mass is 273 g/mol. The first-order chi connectivity index (χ1) is 8.71. The molecule has 104 valence electrons. The smallest absolute Gasteiger partial charge is 0.418 e. The van der Waals surface area contributed by atoms with Crippen LogP contribution in [0.15, 0.2) is 12.1 Å². The maximum Gasteiger partial charge on any atom is 0.418 e. The lowest BCUT2D eigenvalue weighted by Crippen LogP contribution is -2.42. The highest BCUT2D eigenvalue weighted by Gasteiger charge is 2.40. The second kappa shape index (κ2) is 4.43. The van der Waals surface area contributed by atoms with E-state index < -0.39 is 23.9 Å². The zero-order valence-electron chi connectivity index (χ0n) is 10.8. The molecular weight excluding hydrogens is 259 g/mol. The molecule has 3 nitrogen and oxygen atoms in total. The van der Waals surface area contributed by atoms with E-state index in [2.05, 4.69) is 0 Å². The molecule has 0 spiro atoms. The highest BCUT2D eigenvalue weighted by molar-refractivity contribution is 5.92. The van der Waals surface area contributed by atoms with Crippen molar-refractivity contribution in [1.29, 1.82) is 0 Å². The van der Waals surface area contributed by atoms with Crippen LogP contribution in [0, 0.1) is 6.92 Å². The Balaban J connectivity index is 2.71. The van der Waals surface area contributed by atoms with Crippen LogP contribution >= 0.6 is 0 Å². The number of carbonyl (C=O) groups excluding carboxylic acids is 1. The molecule has 1 amide bonds. The third-order valence-corrected chi connectivity index (χ3v) is 2.94. The maximum atomic E-state index is 13.1. The number of benzene rings is 1. The zero-order valence-corrected chi connectivity index (χ0v) is 10.8. The number of aryl methyl sites for hydroxylation is 1. The summed E-state index contributed by atoms with van der Waals surface area (Å²) in [7, 11) is 0. The summed E-state index contributed by atoms with van der Waals surface area (Å²) < 4.78 is 44.3. The number of rotatable bonds is 1. The van der Waals surface area contributed by atoms with Crippen molar-refractivity contribution in [2.75, 3.05) is 4.90 Å². The second-order valence-corrected chi connectivity index (χ2v) is 4.84. The minimum atomic E-state index is -4.50. The summed E-state index contributed by atoms with van der Waals surface area (Å²) in [6.45, 7) is 4.76. The van der Waals surface area contributed by atoms with E-state index >= 15 is 0 Å². The van der Waals surface area contributed by atoms with Crippen molar-refractivity contribution in [1.82, 2.24) is 0 Å². The van der Waals surface area contributed by atoms with Crippen LogP contribution in [0.25, 0.3) is 0 Å². The van der Waals surface area contributed by atoms with Gasteiger partial charge in [-0.1, -0.05) is 6.07 Å². The van der Waals surface area contributed by atoms with Crippen molar-refractivity contribution in [3.05, 3.63) is 28.8 Å². The van der Waals surface area contributed by atoms with E-state index in [1.54, 1.807) is 26.8 Å². The van der Waals surface area contributed by atoms with E-state index in [-0.39, 0.29) is 12.3 Å². The van der Waals surface area contributed by atoms with E-state index in [4.69, 9.17) is 4.74 Å². The molecule has 0 saturated carbocycles. The predicted molar refractivity (Wildman–Crippen MR) is 64.0 cm³/mol. The molecule has 0 radical (unpaired) electrons. The number of alkyl halides is 3. The van der Waals surface area contributed by atoms with Crippen LogP contribution in [-0.4, -0.2) is 12.1 Å². The molecule has 0 unspecified atom stereocenters. The normalized spacial score (nSPS) is 15.5. The van der Waals surface area contributed by atoms with Gasteiger partial charge in [0.15, 0.2) is 0 Å². The van der Waals surface area contributed by atoms with Gasteiger partial charge in [0, 0.05) is 11.6 Å². The van der Waals surface area contributed by atoms with Crippen LogP contribution in [0.2, 0.25) is 0 Å². The van der Waals surface area contributed by atoms with Gasteiger partial charge in [0.25, 0.3) is 0 Å². The first-order valence-electron chi connectivity index (χ1n) is 5.88. The first kappa shape index (κ1) is 13.7. The molecule has 0 N–H and O–H groups in total. The Kier molecular flexibility index (Phi) is 3.20. The molecule has 2 rings (SSSR count). The Labute approximate surface area is 109 Å². The van der Waals surface area contributed by atoms with Crippen LogP contribution in [0.3, 0.4) is 0 Å². The van der Waals surface area contributed by atoms with Crippen molar-refractivity contribution in [2.45, 2.75) is 39.6 Å². The van der Waals surface area contributed by atoms with E-state index in [1.807, 2.05) is 0 Å². The van der Waals surface area contributed by atoms with E-state index in [0.29, 0.717) is 11.1 Å². The first-order valence-corrected chi connectivity index (χ1v) is 5.88. The van der Waals surface area contributed by atoms with Gasteiger partial charge in [-0.3, -0.25) is 4.90 Å². The molecule has 0 saturated heterocycles. The lowest BCUT2D eigenvalue weighted by molar-refractivity contribution is -0.137. The van der Waals surface area contributed by atoms with Crippen molar-refractivity contribution in [2.24, 2.45) is 0 Å².